The Balaban J connectivity index is 3.19. The maximum Gasteiger partial charge on any atom is 0.0125 e. The largest absolute Gasteiger partial charge is 0.402 e. The summed E-state index contributed by atoms with van der Waals surface area (Å²) in [6, 6.07) is 0. The lowest BCUT2D eigenvalue weighted by molar-refractivity contribution is 1.06. The highest BCUT2D eigenvalue weighted by atomic mass is 14.6. The molecule has 0 unspecified atom stereocenters. The van der Waals surface area contributed by atoms with Crippen LogP contribution in [0.3, 0.4) is 0 Å². The number of hydrogen-bond acceptors (Lipinski definition) is 1. The molecule has 1 nitrogen and oxygen atoms in total. The lowest BCUT2D eigenvalue weighted by atomic mass is 9.90. The van der Waals surface area contributed by atoms with Gasteiger partial charge in [0.15, 0.2) is 0 Å². The van der Waals surface area contributed by atoms with Crippen LogP contribution in [0.15, 0.2) is 70.5 Å². The van der Waals surface area contributed by atoms with E-state index in [4.69, 9.17) is 5.73 Å². The van der Waals surface area contributed by atoms with Crippen LogP contribution in [0.2, 0.25) is 0 Å². The third-order valence-electron chi connectivity index (χ3n) is 3.43. The molecular formula is C18H25N. The lowest BCUT2D eigenvalue weighted by Gasteiger charge is -2.15. The fourth-order valence-electron chi connectivity index (χ4n) is 2.45. The van der Waals surface area contributed by atoms with Crippen molar-refractivity contribution in [3.8, 4) is 0 Å². The highest BCUT2D eigenvalue weighted by Gasteiger charge is 2.10. The Morgan fingerprint density at radius 3 is 2.21 bits per heavy atom. The highest BCUT2D eigenvalue weighted by Crippen LogP contribution is 2.29. The van der Waals surface area contributed by atoms with E-state index in [1.807, 2.05) is 13.0 Å². The summed E-state index contributed by atoms with van der Waals surface area (Å²) in [6.07, 6.45) is 8.08. The lowest BCUT2D eigenvalue weighted by Crippen LogP contribution is -1.97. The van der Waals surface area contributed by atoms with Crippen molar-refractivity contribution >= 4 is 0 Å². The molecule has 0 aromatic rings. The minimum atomic E-state index is 0.832. The Hall–Kier alpha value is -1.76. The zero-order valence-corrected chi connectivity index (χ0v) is 12.6. The first-order valence-corrected chi connectivity index (χ1v) is 6.75. The molecule has 0 saturated heterocycles. The summed E-state index contributed by atoms with van der Waals surface area (Å²) in [5.41, 5.74) is 14.0. The van der Waals surface area contributed by atoms with Crippen LogP contribution >= 0.6 is 0 Å². The smallest absolute Gasteiger partial charge is 0.0125 e. The average molecular weight is 255 g/mol. The van der Waals surface area contributed by atoms with Crippen molar-refractivity contribution in [1.82, 2.24) is 0 Å². The van der Waals surface area contributed by atoms with E-state index < -0.39 is 0 Å². The van der Waals surface area contributed by atoms with Gasteiger partial charge in [-0.05, 0) is 55.6 Å². The van der Waals surface area contributed by atoms with Crippen LogP contribution in [-0.2, 0) is 0 Å². The summed E-state index contributed by atoms with van der Waals surface area (Å²) < 4.78 is 0. The summed E-state index contributed by atoms with van der Waals surface area (Å²) in [4.78, 5) is 0. The second-order valence-corrected chi connectivity index (χ2v) is 5.24. The first-order chi connectivity index (χ1) is 8.86. The molecule has 0 saturated carbocycles. The van der Waals surface area contributed by atoms with Crippen LogP contribution in [0.1, 0.15) is 40.5 Å². The molecule has 0 fully saturated rings. The van der Waals surface area contributed by atoms with Crippen LogP contribution in [0.5, 0.6) is 0 Å². The van der Waals surface area contributed by atoms with Crippen LogP contribution in [0, 0.1) is 0 Å². The molecule has 0 aliphatic heterocycles. The standard InChI is InChI=1S/C18H25N/c1-7-17(12(2)3)14(6)18(13(4)5)11-15-8-9-16(19)10-15/h8-9,11H,2,4,7,10,19H2,1,3,5-6H3/b17-14-,18-11+. The zero-order chi connectivity index (χ0) is 14.6. The van der Waals surface area contributed by atoms with Gasteiger partial charge in [0.2, 0.25) is 0 Å². The SMILES string of the molecule is C=C(C)/C(CC)=C(C)\C(=C\C1=CC=C(N)C1)C(=C)C. The normalized spacial score (nSPS) is 16.7. The number of allylic oxidation sites excluding steroid dienone is 9. The van der Waals surface area contributed by atoms with Crippen molar-refractivity contribution in [3.63, 3.8) is 0 Å². The van der Waals surface area contributed by atoms with Crippen molar-refractivity contribution in [1.29, 1.82) is 0 Å². The second kappa shape index (κ2) is 6.42. The van der Waals surface area contributed by atoms with Crippen molar-refractivity contribution in [2.24, 2.45) is 5.73 Å². The Kier molecular flexibility index (Phi) is 5.17. The Labute approximate surface area is 117 Å². The van der Waals surface area contributed by atoms with E-state index in [-0.39, 0.29) is 0 Å². The molecule has 0 bridgehead atoms. The quantitative estimate of drug-likeness (QED) is 0.690. The Morgan fingerprint density at radius 2 is 1.84 bits per heavy atom. The topological polar surface area (TPSA) is 26.0 Å². The van der Waals surface area contributed by atoms with E-state index in [2.05, 4.69) is 46.1 Å². The van der Waals surface area contributed by atoms with Gasteiger partial charge in [-0.2, -0.15) is 0 Å². The maximum absolute atomic E-state index is 5.82. The van der Waals surface area contributed by atoms with E-state index in [1.54, 1.807) is 0 Å². The number of rotatable bonds is 5. The molecular weight excluding hydrogens is 230 g/mol. The highest BCUT2D eigenvalue weighted by molar-refractivity contribution is 5.54. The summed E-state index contributed by atoms with van der Waals surface area (Å²) in [6.45, 7) is 16.6. The number of hydrogen-bond donors (Lipinski definition) is 1. The van der Waals surface area contributed by atoms with Gasteiger partial charge in [0.05, 0.1) is 0 Å². The number of nitrogens with two attached hydrogens (primary N) is 1. The van der Waals surface area contributed by atoms with E-state index in [1.165, 1.54) is 22.3 Å². The van der Waals surface area contributed by atoms with Gasteiger partial charge >= 0.3 is 0 Å². The van der Waals surface area contributed by atoms with Crippen LogP contribution in [0.25, 0.3) is 0 Å². The van der Waals surface area contributed by atoms with Gasteiger partial charge in [-0.25, -0.2) is 0 Å². The van der Waals surface area contributed by atoms with Crippen molar-refractivity contribution in [3.05, 3.63) is 70.5 Å². The molecule has 0 amide bonds. The molecule has 2 N–H and O–H groups in total. The molecule has 1 aliphatic carbocycles. The van der Waals surface area contributed by atoms with Gasteiger partial charge < -0.3 is 5.73 Å². The van der Waals surface area contributed by atoms with E-state index >= 15 is 0 Å². The van der Waals surface area contributed by atoms with Gasteiger partial charge in [-0.3, -0.25) is 0 Å². The summed E-state index contributed by atoms with van der Waals surface area (Å²) >= 11 is 0. The molecule has 0 spiro atoms. The predicted octanol–water partition coefficient (Wildman–Crippen LogP) is 4.96. The Morgan fingerprint density at radius 1 is 1.21 bits per heavy atom. The fraction of sp³-hybridized carbons (Fsp3) is 0.333. The fourth-order valence-corrected chi connectivity index (χ4v) is 2.45. The summed E-state index contributed by atoms with van der Waals surface area (Å²) in [5.74, 6) is 0. The van der Waals surface area contributed by atoms with Crippen LogP contribution in [0.4, 0.5) is 0 Å². The maximum atomic E-state index is 5.82. The molecule has 1 rings (SSSR count). The van der Waals surface area contributed by atoms with Crippen LogP contribution in [-0.4, -0.2) is 0 Å². The average Bonchev–Trinajstić information content (AvgIpc) is 2.71. The summed E-state index contributed by atoms with van der Waals surface area (Å²) in [5, 5.41) is 0. The molecule has 1 aliphatic rings. The first-order valence-electron chi connectivity index (χ1n) is 6.75. The molecule has 0 heterocycles. The second-order valence-electron chi connectivity index (χ2n) is 5.24. The van der Waals surface area contributed by atoms with Crippen molar-refractivity contribution in [2.75, 3.05) is 0 Å². The van der Waals surface area contributed by atoms with Gasteiger partial charge in [-0.15, -0.1) is 0 Å². The van der Waals surface area contributed by atoms with Crippen molar-refractivity contribution in [2.45, 2.75) is 40.5 Å². The van der Waals surface area contributed by atoms with E-state index in [9.17, 15) is 0 Å². The van der Waals surface area contributed by atoms with Crippen LogP contribution < -0.4 is 5.73 Å². The van der Waals surface area contributed by atoms with E-state index in [0.29, 0.717) is 0 Å². The zero-order valence-electron chi connectivity index (χ0n) is 12.6. The molecule has 102 valence electrons. The third-order valence-corrected chi connectivity index (χ3v) is 3.43. The third kappa shape index (κ3) is 3.85. The van der Waals surface area contributed by atoms with Gasteiger partial charge in [0.1, 0.15) is 0 Å². The predicted molar refractivity (Wildman–Crippen MR) is 85.7 cm³/mol. The Bertz CT molecular complexity index is 522. The minimum Gasteiger partial charge on any atom is -0.402 e. The monoisotopic (exact) mass is 255 g/mol. The molecule has 0 atom stereocenters. The van der Waals surface area contributed by atoms with Gasteiger partial charge in [-0.1, -0.05) is 43.4 Å². The minimum absolute atomic E-state index is 0.832. The van der Waals surface area contributed by atoms with E-state index in [0.717, 1.165) is 29.7 Å². The molecule has 0 radical (unpaired) electrons. The van der Waals surface area contributed by atoms with Crippen molar-refractivity contribution < 1.29 is 0 Å². The first kappa shape index (κ1) is 15.3. The molecule has 0 aromatic carbocycles. The van der Waals surface area contributed by atoms with Gasteiger partial charge in [0.25, 0.3) is 0 Å². The summed E-state index contributed by atoms with van der Waals surface area (Å²) in [7, 11) is 0. The molecule has 0 aromatic heterocycles. The molecule has 19 heavy (non-hydrogen) atoms. The van der Waals surface area contributed by atoms with Gasteiger partial charge in [0, 0.05) is 12.1 Å². The molecule has 1 heteroatoms.